The van der Waals surface area contributed by atoms with Crippen molar-refractivity contribution < 1.29 is 17.6 Å². The zero-order valence-electron chi connectivity index (χ0n) is 16.1. The molecule has 0 aliphatic carbocycles. The van der Waals surface area contributed by atoms with Crippen molar-refractivity contribution >= 4 is 17.1 Å². The molecule has 0 spiro atoms. The fourth-order valence-electron chi connectivity index (χ4n) is 3.62. The van der Waals surface area contributed by atoms with E-state index in [1.165, 1.54) is 13.1 Å². The van der Waals surface area contributed by atoms with Crippen LogP contribution in [0, 0.1) is 18.7 Å². The predicted octanol–water partition coefficient (Wildman–Crippen LogP) is 2.66. The van der Waals surface area contributed by atoms with Crippen LogP contribution in [0.2, 0.25) is 0 Å². The van der Waals surface area contributed by atoms with Gasteiger partial charge in [0.2, 0.25) is 5.95 Å². The second kappa shape index (κ2) is 7.71. The number of hydrogen-bond donors (Lipinski definition) is 3. The molecule has 3 heterocycles. The summed E-state index contributed by atoms with van der Waals surface area (Å²) in [6, 6.07) is 1.90. The number of nitrogens with zero attached hydrogens (tertiary/aromatic N) is 3. The molecular formula is C19H20F4N6O. The lowest BCUT2D eigenvalue weighted by molar-refractivity contribution is -0.138. The Hall–Kier alpha value is -2.95. The Morgan fingerprint density at radius 1 is 1.33 bits per heavy atom. The first-order chi connectivity index (χ1) is 14.2. The molecular weight excluding hydrogens is 404 g/mol. The molecule has 0 unspecified atom stereocenters. The van der Waals surface area contributed by atoms with Crippen molar-refractivity contribution in [3.8, 4) is 0 Å². The summed E-state index contributed by atoms with van der Waals surface area (Å²) in [6.45, 7) is 3.20. The molecule has 30 heavy (non-hydrogen) atoms. The van der Waals surface area contributed by atoms with Crippen LogP contribution in [0.3, 0.4) is 0 Å². The minimum atomic E-state index is -4.75. The van der Waals surface area contributed by atoms with Crippen LogP contribution in [0.5, 0.6) is 0 Å². The third-order valence-corrected chi connectivity index (χ3v) is 5.28. The highest BCUT2D eigenvalue weighted by Gasteiger charge is 2.35. The van der Waals surface area contributed by atoms with Crippen LogP contribution in [-0.2, 0) is 12.7 Å². The predicted molar refractivity (Wildman–Crippen MR) is 103 cm³/mol. The van der Waals surface area contributed by atoms with Crippen LogP contribution in [-0.4, -0.2) is 39.2 Å². The second-order valence-electron chi connectivity index (χ2n) is 7.41. The van der Waals surface area contributed by atoms with Gasteiger partial charge in [-0.3, -0.25) is 4.57 Å². The van der Waals surface area contributed by atoms with E-state index in [0.717, 1.165) is 36.2 Å². The number of aromatic amines is 1. The number of alkyl halides is 3. The minimum absolute atomic E-state index is 0.0630. The molecule has 2 aromatic heterocycles. The summed E-state index contributed by atoms with van der Waals surface area (Å²) >= 11 is 0. The number of rotatable bonds is 5. The largest absolute Gasteiger partial charge is 0.416 e. The summed E-state index contributed by atoms with van der Waals surface area (Å²) in [5.74, 6) is -0.330. The second-order valence-corrected chi connectivity index (χ2v) is 7.41. The van der Waals surface area contributed by atoms with Crippen molar-refractivity contribution in [2.75, 3.05) is 25.0 Å². The highest BCUT2D eigenvalue weighted by atomic mass is 19.4. The lowest BCUT2D eigenvalue weighted by atomic mass is 10.0. The number of benzene rings is 1. The smallest absolute Gasteiger partial charge is 0.354 e. The molecule has 11 heteroatoms. The zero-order valence-corrected chi connectivity index (χ0v) is 16.1. The summed E-state index contributed by atoms with van der Waals surface area (Å²) in [5, 5.41) is 6.34. The molecule has 3 aromatic rings. The monoisotopic (exact) mass is 424 g/mol. The Kier molecular flexibility index (Phi) is 5.22. The molecule has 3 N–H and O–H groups in total. The number of H-pyrrole nitrogens is 1. The highest BCUT2D eigenvalue weighted by molar-refractivity contribution is 5.71. The van der Waals surface area contributed by atoms with Gasteiger partial charge < -0.3 is 15.6 Å². The third kappa shape index (κ3) is 3.89. The maximum atomic E-state index is 14.6. The molecule has 0 saturated carbocycles. The number of fused-ring (bicyclic) bond motifs is 1. The van der Waals surface area contributed by atoms with E-state index in [-0.39, 0.29) is 22.7 Å². The van der Waals surface area contributed by atoms with Gasteiger partial charge in [0, 0.05) is 12.1 Å². The number of hydrogen-bond acceptors (Lipinski definition) is 5. The molecule has 7 nitrogen and oxygen atoms in total. The topological polar surface area (TPSA) is 87.6 Å². The van der Waals surface area contributed by atoms with Gasteiger partial charge in [-0.1, -0.05) is 6.07 Å². The van der Waals surface area contributed by atoms with E-state index in [1.54, 1.807) is 0 Å². The molecule has 160 valence electrons. The summed E-state index contributed by atoms with van der Waals surface area (Å²) in [7, 11) is 0. The van der Waals surface area contributed by atoms with Gasteiger partial charge in [0.25, 0.3) is 0 Å². The average molecular weight is 424 g/mol. The molecule has 1 aromatic carbocycles. The summed E-state index contributed by atoms with van der Waals surface area (Å²) < 4.78 is 55.8. The minimum Gasteiger partial charge on any atom is -0.354 e. The van der Waals surface area contributed by atoms with Crippen LogP contribution >= 0.6 is 0 Å². The standard InChI is InChI=1S/C19H20F4N6O/c1-10-2-3-13(19(21,22)23)12(15(10)20)9-29-16-14(27-18(29)30)8-26-17(28-16)25-7-11-4-5-24-6-11/h2-3,8,11,24H,4-7,9H2,1H3,(H,27,30)(H,25,26,28)/t11-/m1/s1. The maximum Gasteiger partial charge on any atom is 0.416 e. The van der Waals surface area contributed by atoms with Gasteiger partial charge in [-0.25, -0.2) is 14.2 Å². The Bertz CT molecular complexity index is 1130. The Morgan fingerprint density at radius 2 is 2.13 bits per heavy atom. The van der Waals surface area contributed by atoms with Crippen LogP contribution in [0.15, 0.2) is 23.1 Å². The number of halogens is 4. The first-order valence-corrected chi connectivity index (χ1v) is 9.49. The van der Waals surface area contributed by atoms with Crippen LogP contribution in [0.4, 0.5) is 23.5 Å². The van der Waals surface area contributed by atoms with Gasteiger partial charge >= 0.3 is 11.9 Å². The summed E-state index contributed by atoms with van der Waals surface area (Å²) in [5.41, 5.74) is -1.98. The molecule has 4 rings (SSSR count). The van der Waals surface area contributed by atoms with Gasteiger partial charge in [0.05, 0.1) is 18.3 Å². The molecule has 0 bridgehead atoms. The number of anilines is 1. The highest BCUT2D eigenvalue weighted by Crippen LogP contribution is 2.34. The molecule has 1 atom stereocenters. The van der Waals surface area contributed by atoms with Gasteiger partial charge in [-0.15, -0.1) is 0 Å². The van der Waals surface area contributed by atoms with Crippen molar-refractivity contribution in [1.82, 2.24) is 24.8 Å². The zero-order chi connectivity index (χ0) is 21.5. The number of imidazole rings is 1. The Morgan fingerprint density at radius 3 is 2.83 bits per heavy atom. The SMILES string of the molecule is Cc1ccc(C(F)(F)F)c(Cn2c(=O)[nH]c3cnc(NC[C@@H]4CCNC4)nc32)c1F. The van der Waals surface area contributed by atoms with Crippen molar-refractivity contribution in [3.05, 3.63) is 51.3 Å². The lowest BCUT2D eigenvalue weighted by Crippen LogP contribution is -2.22. The van der Waals surface area contributed by atoms with Crippen molar-refractivity contribution in [2.24, 2.45) is 5.92 Å². The van der Waals surface area contributed by atoms with Crippen LogP contribution in [0.25, 0.3) is 11.2 Å². The molecule has 0 amide bonds. The average Bonchev–Trinajstić information content (AvgIpc) is 3.31. The van der Waals surface area contributed by atoms with Crippen molar-refractivity contribution in [1.29, 1.82) is 0 Å². The van der Waals surface area contributed by atoms with E-state index < -0.39 is 35.4 Å². The van der Waals surface area contributed by atoms with E-state index in [0.29, 0.717) is 12.5 Å². The van der Waals surface area contributed by atoms with Gasteiger partial charge in [-0.05, 0) is 44.0 Å². The van der Waals surface area contributed by atoms with Crippen LogP contribution in [0.1, 0.15) is 23.1 Å². The normalized spacial score (nSPS) is 17.0. The maximum absolute atomic E-state index is 14.6. The number of aromatic nitrogens is 4. The van der Waals surface area contributed by atoms with Gasteiger partial charge in [0.1, 0.15) is 11.3 Å². The summed E-state index contributed by atoms with van der Waals surface area (Å²) in [6.07, 6.45) is -2.36. The fourth-order valence-corrected chi connectivity index (χ4v) is 3.62. The Balaban J connectivity index is 1.71. The van der Waals surface area contributed by atoms with Crippen molar-refractivity contribution in [2.45, 2.75) is 26.1 Å². The van der Waals surface area contributed by atoms with Crippen molar-refractivity contribution in [3.63, 3.8) is 0 Å². The first-order valence-electron chi connectivity index (χ1n) is 9.49. The first kappa shape index (κ1) is 20.3. The van der Waals surface area contributed by atoms with E-state index in [4.69, 9.17) is 0 Å². The number of aryl methyl sites for hydroxylation is 1. The third-order valence-electron chi connectivity index (χ3n) is 5.28. The van der Waals surface area contributed by atoms with E-state index in [2.05, 4.69) is 25.6 Å². The molecule has 1 aliphatic rings. The fraction of sp³-hybridized carbons (Fsp3) is 0.421. The summed E-state index contributed by atoms with van der Waals surface area (Å²) in [4.78, 5) is 23.3. The van der Waals surface area contributed by atoms with Gasteiger partial charge in [-0.2, -0.15) is 18.2 Å². The molecule has 0 radical (unpaired) electrons. The van der Waals surface area contributed by atoms with E-state index in [9.17, 15) is 22.4 Å². The molecule has 1 fully saturated rings. The quantitative estimate of drug-likeness (QED) is 0.548. The van der Waals surface area contributed by atoms with Gasteiger partial charge in [0.15, 0.2) is 5.65 Å². The number of nitrogens with one attached hydrogen (secondary N) is 3. The lowest BCUT2D eigenvalue weighted by Gasteiger charge is -2.15. The van der Waals surface area contributed by atoms with Crippen LogP contribution < -0.4 is 16.3 Å². The van der Waals surface area contributed by atoms with E-state index >= 15 is 0 Å². The Labute approximate surface area is 168 Å². The molecule has 1 aliphatic heterocycles. The van der Waals surface area contributed by atoms with E-state index in [1.807, 2.05) is 0 Å². The molecule has 1 saturated heterocycles.